The second-order valence-corrected chi connectivity index (χ2v) is 7.72. The number of aliphatic imine (C=N–C) groups is 1. The Morgan fingerprint density at radius 3 is 2.30 bits per heavy atom. The summed E-state index contributed by atoms with van der Waals surface area (Å²) in [6.45, 7) is 0.409. The summed E-state index contributed by atoms with van der Waals surface area (Å²) >= 11 is 1.29. The molecule has 0 spiro atoms. The maximum atomic E-state index is 13.4. The zero-order chi connectivity index (χ0) is 20.9. The van der Waals surface area contributed by atoms with Crippen LogP contribution >= 0.6 is 11.8 Å². The quantitative estimate of drug-likeness (QED) is 0.594. The number of hydrogen-bond acceptors (Lipinski definition) is 4. The maximum Gasteiger partial charge on any atom is 0.271 e. The molecule has 1 saturated heterocycles. The molecule has 3 aromatic carbocycles. The lowest BCUT2D eigenvalue weighted by Crippen LogP contribution is -2.28. The van der Waals surface area contributed by atoms with E-state index in [0.717, 1.165) is 16.7 Å². The van der Waals surface area contributed by atoms with Gasteiger partial charge in [0.25, 0.3) is 5.91 Å². The zero-order valence-corrected chi connectivity index (χ0v) is 16.8. The van der Waals surface area contributed by atoms with E-state index in [9.17, 15) is 14.3 Å². The molecule has 0 radical (unpaired) electrons. The molecule has 1 fully saturated rings. The Hall–Kier alpha value is -3.22. The van der Waals surface area contributed by atoms with Crippen LogP contribution in [-0.2, 0) is 17.9 Å². The van der Waals surface area contributed by atoms with Crippen LogP contribution in [0.2, 0.25) is 0 Å². The molecule has 1 heterocycles. The molecular weight excluding hydrogens is 399 g/mol. The number of amidine groups is 1. The van der Waals surface area contributed by atoms with Crippen LogP contribution in [0.15, 0.2) is 88.8 Å². The summed E-state index contributed by atoms with van der Waals surface area (Å²) in [5, 5.41) is 9.75. The van der Waals surface area contributed by atoms with Crippen molar-refractivity contribution in [1.82, 2.24) is 0 Å². The average Bonchev–Trinajstić information content (AvgIpc) is 3.09. The number of anilines is 1. The second-order valence-electron chi connectivity index (χ2n) is 6.71. The smallest absolute Gasteiger partial charge is 0.271 e. The highest BCUT2D eigenvalue weighted by Crippen LogP contribution is 2.36. The van der Waals surface area contributed by atoms with Gasteiger partial charge in [0, 0.05) is 0 Å². The van der Waals surface area contributed by atoms with E-state index in [4.69, 9.17) is 0 Å². The topological polar surface area (TPSA) is 52.9 Å². The summed E-state index contributed by atoms with van der Waals surface area (Å²) < 4.78 is 13.4. The standard InChI is InChI=1S/C24H19FN2O2S/c25-20-10-12-21(13-11-20)27-23(29)22(14-17-6-8-19(16-28)9-7-17)30-24(27)26-15-18-4-2-1-3-5-18/h1-14,28H,15-16H2. The summed E-state index contributed by atoms with van der Waals surface area (Å²) in [4.78, 5) is 19.9. The number of thioether (sulfide) groups is 1. The number of amides is 1. The number of aliphatic hydroxyl groups excluding tert-OH is 1. The van der Waals surface area contributed by atoms with Gasteiger partial charge in [0.1, 0.15) is 5.82 Å². The molecule has 4 rings (SSSR count). The first-order chi connectivity index (χ1) is 14.6. The molecule has 6 heteroatoms. The molecule has 0 saturated carbocycles. The van der Waals surface area contributed by atoms with E-state index in [2.05, 4.69) is 4.99 Å². The molecule has 0 aromatic heterocycles. The first-order valence-corrected chi connectivity index (χ1v) is 10.2. The molecule has 1 aliphatic rings. The third-order valence-corrected chi connectivity index (χ3v) is 5.60. The van der Waals surface area contributed by atoms with Gasteiger partial charge in [0.05, 0.1) is 23.7 Å². The van der Waals surface area contributed by atoms with E-state index in [1.807, 2.05) is 54.6 Å². The molecule has 30 heavy (non-hydrogen) atoms. The fourth-order valence-electron chi connectivity index (χ4n) is 3.01. The van der Waals surface area contributed by atoms with Gasteiger partial charge in [0.15, 0.2) is 5.17 Å². The van der Waals surface area contributed by atoms with Gasteiger partial charge in [0.2, 0.25) is 0 Å². The predicted octanol–water partition coefficient (Wildman–Crippen LogP) is 5.00. The van der Waals surface area contributed by atoms with Crippen molar-refractivity contribution < 1.29 is 14.3 Å². The van der Waals surface area contributed by atoms with Crippen molar-refractivity contribution in [3.05, 3.63) is 106 Å². The van der Waals surface area contributed by atoms with E-state index >= 15 is 0 Å². The summed E-state index contributed by atoms with van der Waals surface area (Å²) in [6.07, 6.45) is 1.80. The SMILES string of the molecule is O=C1C(=Cc2ccc(CO)cc2)SC(=NCc2ccccc2)N1c1ccc(F)cc1. The van der Waals surface area contributed by atoms with E-state index in [-0.39, 0.29) is 18.3 Å². The number of aliphatic hydroxyl groups is 1. The van der Waals surface area contributed by atoms with Crippen molar-refractivity contribution >= 4 is 34.6 Å². The number of benzene rings is 3. The molecule has 4 nitrogen and oxygen atoms in total. The molecule has 0 atom stereocenters. The normalized spacial score (nSPS) is 16.6. The molecular formula is C24H19FN2O2S. The lowest BCUT2D eigenvalue weighted by molar-refractivity contribution is -0.113. The van der Waals surface area contributed by atoms with Gasteiger partial charge in [-0.05, 0) is 58.8 Å². The molecule has 1 amide bonds. The largest absolute Gasteiger partial charge is 0.392 e. The third-order valence-electron chi connectivity index (χ3n) is 4.59. The molecule has 1 N–H and O–H groups in total. The average molecular weight is 418 g/mol. The van der Waals surface area contributed by atoms with Crippen molar-refractivity contribution in [3.8, 4) is 0 Å². The van der Waals surface area contributed by atoms with Gasteiger partial charge in [-0.3, -0.25) is 14.7 Å². The fourth-order valence-corrected chi connectivity index (χ4v) is 3.99. The Morgan fingerprint density at radius 1 is 0.933 bits per heavy atom. The molecule has 0 bridgehead atoms. The summed E-state index contributed by atoms with van der Waals surface area (Å²) in [7, 11) is 0. The monoisotopic (exact) mass is 418 g/mol. The van der Waals surface area contributed by atoms with Crippen molar-refractivity contribution in [2.24, 2.45) is 4.99 Å². The van der Waals surface area contributed by atoms with Gasteiger partial charge in [-0.2, -0.15) is 0 Å². The van der Waals surface area contributed by atoms with E-state index in [1.54, 1.807) is 18.2 Å². The highest BCUT2D eigenvalue weighted by Gasteiger charge is 2.34. The van der Waals surface area contributed by atoms with E-state index in [0.29, 0.717) is 22.3 Å². The Balaban J connectivity index is 1.67. The maximum absolute atomic E-state index is 13.4. The molecule has 150 valence electrons. The van der Waals surface area contributed by atoms with Crippen LogP contribution in [0.5, 0.6) is 0 Å². The summed E-state index contributed by atoms with van der Waals surface area (Å²) in [5.74, 6) is -0.565. The Bertz CT molecular complexity index is 1090. The Kier molecular flexibility index (Phi) is 6.07. The first kappa shape index (κ1) is 20.1. The highest BCUT2D eigenvalue weighted by atomic mass is 32.2. The van der Waals surface area contributed by atoms with Crippen LogP contribution in [-0.4, -0.2) is 16.2 Å². The summed E-state index contributed by atoms with van der Waals surface area (Å²) in [6, 6.07) is 22.9. The number of carbonyl (C=O) groups excluding carboxylic acids is 1. The Morgan fingerprint density at radius 2 is 1.63 bits per heavy atom. The molecule has 1 aliphatic heterocycles. The van der Waals surface area contributed by atoms with Gasteiger partial charge < -0.3 is 5.11 Å². The van der Waals surface area contributed by atoms with Gasteiger partial charge in [-0.15, -0.1) is 0 Å². The van der Waals surface area contributed by atoms with Crippen LogP contribution in [0.4, 0.5) is 10.1 Å². The predicted molar refractivity (Wildman–Crippen MR) is 119 cm³/mol. The minimum absolute atomic E-state index is 0.0286. The molecule has 0 unspecified atom stereocenters. The van der Waals surface area contributed by atoms with Crippen LogP contribution in [0.3, 0.4) is 0 Å². The van der Waals surface area contributed by atoms with E-state index < -0.39 is 0 Å². The second kappa shape index (κ2) is 9.07. The van der Waals surface area contributed by atoms with Crippen LogP contribution < -0.4 is 4.90 Å². The molecule has 3 aromatic rings. The lowest BCUT2D eigenvalue weighted by Gasteiger charge is -2.15. The van der Waals surface area contributed by atoms with Crippen molar-refractivity contribution in [2.75, 3.05) is 4.90 Å². The van der Waals surface area contributed by atoms with Crippen LogP contribution in [0, 0.1) is 5.82 Å². The Labute approximate surface area is 178 Å². The van der Waals surface area contributed by atoms with Crippen LogP contribution in [0.1, 0.15) is 16.7 Å². The lowest BCUT2D eigenvalue weighted by atomic mass is 10.1. The highest BCUT2D eigenvalue weighted by molar-refractivity contribution is 8.19. The number of rotatable bonds is 5. The van der Waals surface area contributed by atoms with Crippen molar-refractivity contribution in [2.45, 2.75) is 13.2 Å². The minimum Gasteiger partial charge on any atom is -0.392 e. The minimum atomic E-state index is -0.361. The first-order valence-electron chi connectivity index (χ1n) is 9.42. The van der Waals surface area contributed by atoms with Crippen LogP contribution in [0.25, 0.3) is 6.08 Å². The number of halogens is 1. The van der Waals surface area contributed by atoms with Gasteiger partial charge >= 0.3 is 0 Å². The zero-order valence-electron chi connectivity index (χ0n) is 16.0. The summed E-state index contributed by atoms with van der Waals surface area (Å²) in [5.41, 5.74) is 3.26. The number of carbonyl (C=O) groups is 1. The van der Waals surface area contributed by atoms with Crippen molar-refractivity contribution in [1.29, 1.82) is 0 Å². The molecule has 0 aliphatic carbocycles. The number of hydrogen-bond donors (Lipinski definition) is 1. The van der Waals surface area contributed by atoms with Gasteiger partial charge in [-0.1, -0.05) is 54.6 Å². The third kappa shape index (κ3) is 4.50. The fraction of sp³-hybridized carbons (Fsp3) is 0.0833. The van der Waals surface area contributed by atoms with E-state index in [1.165, 1.54) is 28.8 Å². The van der Waals surface area contributed by atoms with Gasteiger partial charge in [-0.25, -0.2) is 4.39 Å². The van der Waals surface area contributed by atoms with Crippen molar-refractivity contribution in [3.63, 3.8) is 0 Å². The number of nitrogens with zero attached hydrogens (tertiary/aromatic N) is 2.